The van der Waals surface area contributed by atoms with Crippen molar-refractivity contribution < 1.29 is 22.7 Å². The fourth-order valence-corrected chi connectivity index (χ4v) is 5.32. The molecule has 0 radical (unpaired) electrons. The van der Waals surface area contributed by atoms with Gasteiger partial charge in [0.05, 0.1) is 24.2 Å². The third-order valence-corrected chi connectivity index (χ3v) is 7.38. The van der Waals surface area contributed by atoms with E-state index in [1.165, 1.54) is 0 Å². The first-order valence-electron chi connectivity index (χ1n) is 9.52. The summed E-state index contributed by atoms with van der Waals surface area (Å²) in [6.07, 6.45) is 0.587. The Morgan fingerprint density at radius 2 is 1.74 bits per heavy atom. The largest absolute Gasteiger partial charge is 0.448 e. The van der Waals surface area contributed by atoms with Crippen molar-refractivity contribution in [2.24, 2.45) is 0 Å². The molecular formula is C19H28N2O5S. The third-order valence-electron chi connectivity index (χ3n) is 5.16. The molecule has 1 aromatic rings. The lowest BCUT2D eigenvalue weighted by Gasteiger charge is -2.31. The first-order valence-corrected chi connectivity index (χ1v) is 11.2. The van der Waals surface area contributed by atoms with Crippen LogP contribution in [0.4, 0.5) is 4.79 Å². The summed E-state index contributed by atoms with van der Waals surface area (Å²) in [5, 5.41) is -0.393. The van der Waals surface area contributed by atoms with Crippen molar-refractivity contribution in [3.63, 3.8) is 0 Å². The van der Waals surface area contributed by atoms with Gasteiger partial charge >= 0.3 is 6.09 Å². The van der Waals surface area contributed by atoms with Crippen LogP contribution in [-0.2, 0) is 25.1 Å². The lowest BCUT2D eigenvalue weighted by atomic mass is 10.1. The number of hydrogen-bond donors (Lipinski definition) is 0. The van der Waals surface area contributed by atoms with Gasteiger partial charge in [-0.25, -0.2) is 13.2 Å². The number of hydrogen-bond acceptors (Lipinski definition) is 6. The highest BCUT2D eigenvalue weighted by molar-refractivity contribution is 7.91. The van der Waals surface area contributed by atoms with Crippen LogP contribution in [0.2, 0.25) is 0 Å². The molecule has 2 aliphatic heterocycles. The van der Waals surface area contributed by atoms with E-state index in [1.807, 2.05) is 30.3 Å². The van der Waals surface area contributed by atoms with Crippen LogP contribution in [0.5, 0.6) is 0 Å². The number of ether oxygens (including phenoxy) is 2. The minimum Gasteiger partial charge on any atom is -0.448 e. The predicted molar refractivity (Wildman–Crippen MR) is 102 cm³/mol. The van der Waals surface area contributed by atoms with Gasteiger partial charge in [-0.05, 0) is 18.4 Å². The molecular weight excluding hydrogens is 368 g/mol. The number of nitrogens with zero attached hydrogens (tertiary/aromatic N) is 2. The molecule has 7 nitrogen and oxygen atoms in total. The molecule has 0 spiro atoms. The maximum atomic E-state index is 12.6. The number of morpholine rings is 1. The van der Waals surface area contributed by atoms with E-state index in [0.29, 0.717) is 39.1 Å². The summed E-state index contributed by atoms with van der Waals surface area (Å²) >= 11 is 0. The number of carbonyl (C=O) groups is 1. The van der Waals surface area contributed by atoms with Gasteiger partial charge < -0.3 is 14.4 Å². The molecule has 0 N–H and O–H groups in total. The molecule has 0 unspecified atom stereocenters. The summed E-state index contributed by atoms with van der Waals surface area (Å²) < 4.78 is 35.9. The standard InChI is InChI=1S/C19H28N2O5S/c22-19(26-15-12-20-10-13-25-14-11-20)21-8-6-18(7-9-21)27(23,24)16-17-4-2-1-3-5-17/h1-5,18H,6-16H2. The highest BCUT2D eigenvalue weighted by atomic mass is 32.2. The number of piperidine rings is 1. The summed E-state index contributed by atoms with van der Waals surface area (Å²) in [6.45, 7) is 5.08. The molecule has 0 bridgehead atoms. The predicted octanol–water partition coefficient (Wildman–Crippen LogP) is 1.53. The molecule has 0 saturated carbocycles. The minimum atomic E-state index is -3.21. The Morgan fingerprint density at radius 1 is 1.07 bits per heavy atom. The molecule has 27 heavy (non-hydrogen) atoms. The highest BCUT2D eigenvalue weighted by Crippen LogP contribution is 2.22. The van der Waals surface area contributed by atoms with E-state index in [9.17, 15) is 13.2 Å². The summed E-state index contributed by atoms with van der Waals surface area (Å²) in [4.78, 5) is 16.0. The maximum absolute atomic E-state index is 12.6. The van der Waals surface area contributed by atoms with Crippen molar-refractivity contribution in [3.8, 4) is 0 Å². The van der Waals surface area contributed by atoms with E-state index in [4.69, 9.17) is 9.47 Å². The molecule has 2 saturated heterocycles. The first-order chi connectivity index (χ1) is 13.0. The minimum absolute atomic E-state index is 0.0580. The zero-order chi connectivity index (χ0) is 19.1. The average molecular weight is 397 g/mol. The normalized spacial score (nSPS) is 19.8. The Balaban J connectivity index is 1.40. The Kier molecular flexibility index (Phi) is 7.09. The van der Waals surface area contributed by atoms with Crippen molar-refractivity contribution in [2.75, 3.05) is 52.5 Å². The van der Waals surface area contributed by atoms with Crippen LogP contribution >= 0.6 is 0 Å². The second-order valence-electron chi connectivity index (χ2n) is 7.05. The number of sulfone groups is 1. The van der Waals surface area contributed by atoms with Crippen LogP contribution in [0, 0.1) is 0 Å². The van der Waals surface area contributed by atoms with E-state index in [1.54, 1.807) is 4.90 Å². The van der Waals surface area contributed by atoms with Gasteiger partial charge in [0.15, 0.2) is 9.84 Å². The lowest BCUT2D eigenvalue weighted by molar-refractivity contribution is 0.0241. The maximum Gasteiger partial charge on any atom is 0.409 e. The van der Waals surface area contributed by atoms with E-state index < -0.39 is 15.1 Å². The molecule has 3 rings (SSSR count). The molecule has 1 aromatic carbocycles. The fraction of sp³-hybridized carbons (Fsp3) is 0.632. The number of rotatable bonds is 6. The summed E-state index contributed by atoms with van der Waals surface area (Å²) in [5.41, 5.74) is 0.808. The van der Waals surface area contributed by atoms with Crippen molar-refractivity contribution in [1.82, 2.24) is 9.80 Å². The molecule has 2 aliphatic rings. The van der Waals surface area contributed by atoms with Crippen LogP contribution in [0.3, 0.4) is 0 Å². The van der Waals surface area contributed by atoms with Crippen LogP contribution < -0.4 is 0 Å². The van der Waals surface area contributed by atoms with Gasteiger partial charge in [-0.2, -0.15) is 0 Å². The fourth-order valence-electron chi connectivity index (χ4n) is 3.50. The second-order valence-corrected chi connectivity index (χ2v) is 9.33. The summed E-state index contributed by atoms with van der Waals surface area (Å²) in [6, 6.07) is 9.23. The Labute approximate surface area is 161 Å². The Bertz CT molecular complexity index is 696. The average Bonchev–Trinajstić information content (AvgIpc) is 2.69. The van der Waals surface area contributed by atoms with Crippen molar-refractivity contribution >= 4 is 15.9 Å². The van der Waals surface area contributed by atoms with Gasteiger partial charge in [-0.15, -0.1) is 0 Å². The lowest BCUT2D eigenvalue weighted by Crippen LogP contribution is -2.44. The molecule has 2 fully saturated rings. The number of benzene rings is 1. The number of amides is 1. The molecule has 150 valence electrons. The van der Waals surface area contributed by atoms with E-state index >= 15 is 0 Å². The van der Waals surface area contributed by atoms with Gasteiger partial charge in [0.1, 0.15) is 6.61 Å². The van der Waals surface area contributed by atoms with Crippen molar-refractivity contribution in [3.05, 3.63) is 35.9 Å². The Morgan fingerprint density at radius 3 is 2.41 bits per heavy atom. The van der Waals surface area contributed by atoms with Gasteiger partial charge in [-0.3, -0.25) is 4.90 Å². The summed E-state index contributed by atoms with van der Waals surface area (Å²) in [7, 11) is -3.21. The monoisotopic (exact) mass is 396 g/mol. The van der Waals surface area contributed by atoms with Gasteiger partial charge in [-0.1, -0.05) is 30.3 Å². The van der Waals surface area contributed by atoms with Crippen LogP contribution in [0.25, 0.3) is 0 Å². The van der Waals surface area contributed by atoms with Crippen LogP contribution in [0.15, 0.2) is 30.3 Å². The molecule has 8 heteroatoms. The van der Waals surface area contributed by atoms with E-state index in [2.05, 4.69) is 4.90 Å². The third kappa shape index (κ3) is 5.92. The van der Waals surface area contributed by atoms with Crippen LogP contribution in [0.1, 0.15) is 18.4 Å². The first kappa shape index (κ1) is 20.1. The molecule has 1 amide bonds. The van der Waals surface area contributed by atoms with E-state index in [0.717, 1.165) is 31.9 Å². The number of likely N-dealkylation sites (tertiary alicyclic amines) is 1. The van der Waals surface area contributed by atoms with Gasteiger partial charge in [0, 0.05) is 32.7 Å². The van der Waals surface area contributed by atoms with Crippen molar-refractivity contribution in [2.45, 2.75) is 23.8 Å². The highest BCUT2D eigenvalue weighted by Gasteiger charge is 2.32. The molecule has 0 aromatic heterocycles. The Hall–Kier alpha value is -1.64. The van der Waals surface area contributed by atoms with Crippen LogP contribution in [-0.4, -0.2) is 82.1 Å². The van der Waals surface area contributed by atoms with Gasteiger partial charge in [0.2, 0.25) is 0 Å². The summed E-state index contributed by atoms with van der Waals surface area (Å²) in [5.74, 6) is 0.0580. The second kappa shape index (κ2) is 9.52. The zero-order valence-corrected chi connectivity index (χ0v) is 16.4. The quantitative estimate of drug-likeness (QED) is 0.726. The topological polar surface area (TPSA) is 76.2 Å². The van der Waals surface area contributed by atoms with E-state index in [-0.39, 0.29) is 11.8 Å². The SMILES string of the molecule is O=C(OCCN1CCOCC1)N1CCC(S(=O)(=O)Cc2ccccc2)CC1. The smallest absolute Gasteiger partial charge is 0.409 e. The van der Waals surface area contributed by atoms with Crippen molar-refractivity contribution in [1.29, 1.82) is 0 Å². The molecule has 2 heterocycles. The zero-order valence-electron chi connectivity index (χ0n) is 15.6. The molecule has 0 aliphatic carbocycles. The molecule has 0 atom stereocenters. The number of carbonyl (C=O) groups excluding carboxylic acids is 1. The van der Waals surface area contributed by atoms with Gasteiger partial charge in [0.25, 0.3) is 0 Å².